The maximum atomic E-state index is 13.9. The van der Waals surface area contributed by atoms with Crippen molar-refractivity contribution in [2.75, 3.05) is 46.3 Å². The van der Waals surface area contributed by atoms with Gasteiger partial charge in [-0.1, -0.05) is 0 Å². The maximum Gasteiger partial charge on any atom is 0.271 e. The van der Waals surface area contributed by atoms with E-state index >= 15 is 0 Å². The molecule has 0 bridgehead atoms. The average molecular weight is 550 g/mol. The molecule has 0 aliphatic rings. The van der Waals surface area contributed by atoms with Gasteiger partial charge in [-0.2, -0.15) is 0 Å². The van der Waals surface area contributed by atoms with Gasteiger partial charge >= 0.3 is 0 Å². The minimum Gasteiger partial charge on any atom is -0.493 e. The summed E-state index contributed by atoms with van der Waals surface area (Å²) in [5, 5.41) is 11.8. The molecule has 0 radical (unpaired) electrons. The Labute approximate surface area is 199 Å². The van der Waals surface area contributed by atoms with Crippen molar-refractivity contribution in [3.63, 3.8) is 0 Å². The molecule has 0 aliphatic heterocycles. The molecule has 1 amide bonds. The molecule has 3 rings (SSSR count). The minimum absolute atomic E-state index is 0.0580. The topological polar surface area (TPSA) is 98.0 Å². The zero-order valence-electron chi connectivity index (χ0n) is 18.2. The second-order valence-corrected chi connectivity index (χ2v) is 8.37. The first-order valence-electron chi connectivity index (χ1n) is 9.68. The number of fused-ring (bicyclic) bond motifs is 1. The smallest absolute Gasteiger partial charge is 0.271 e. The summed E-state index contributed by atoms with van der Waals surface area (Å²) in [6.45, 7) is 0.990. The van der Waals surface area contributed by atoms with Crippen molar-refractivity contribution < 1.29 is 19.2 Å². The summed E-state index contributed by atoms with van der Waals surface area (Å²) >= 11 is 2.10. The van der Waals surface area contributed by atoms with E-state index in [0.717, 1.165) is 0 Å². The number of benzene rings is 2. The molecule has 10 heteroatoms. The third-order valence-electron chi connectivity index (χ3n) is 4.93. The molecule has 0 saturated heterocycles. The Morgan fingerprint density at radius 3 is 2.50 bits per heavy atom. The summed E-state index contributed by atoms with van der Waals surface area (Å²) in [6.07, 6.45) is 1.55. The molecule has 0 atom stereocenters. The minimum atomic E-state index is -0.466. The monoisotopic (exact) mass is 550 g/mol. The molecule has 32 heavy (non-hydrogen) atoms. The third kappa shape index (κ3) is 4.75. The lowest BCUT2D eigenvalue weighted by molar-refractivity contribution is -0.384. The van der Waals surface area contributed by atoms with Crippen LogP contribution >= 0.6 is 22.6 Å². The van der Waals surface area contributed by atoms with Gasteiger partial charge < -0.3 is 19.3 Å². The molecular weight excluding hydrogens is 527 g/mol. The number of carbonyl (C=O) groups excluding carboxylic acids is 1. The lowest BCUT2D eigenvalue weighted by atomic mass is 10.1. The quantitative estimate of drug-likeness (QED) is 0.238. The fourth-order valence-electron chi connectivity index (χ4n) is 3.34. The van der Waals surface area contributed by atoms with E-state index in [1.54, 1.807) is 35.4 Å². The Kier molecular flexibility index (Phi) is 7.46. The first-order chi connectivity index (χ1) is 15.3. The van der Waals surface area contributed by atoms with Gasteiger partial charge in [0.05, 0.1) is 35.9 Å². The highest BCUT2D eigenvalue weighted by Crippen LogP contribution is 2.37. The number of likely N-dealkylation sites (N-methyl/N-ethyl adjacent to an activating group) is 1. The zero-order valence-corrected chi connectivity index (χ0v) is 20.3. The summed E-state index contributed by atoms with van der Waals surface area (Å²) in [7, 11) is 6.86. The van der Waals surface area contributed by atoms with E-state index in [1.807, 2.05) is 19.0 Å². The number of aromatic nitrogens is 1. The molecule has 0 N–H and O–H groups in total. The van der Waals surface area contributed by atoms with Crippen LogP contribution in [0.1, 0.15) is 10.4 Å². The fourth-order valence-corrected chi connectivity index (χ4v) is 3.99. The van der Waals surface area contributed by atoms with Gasteiger partial charge in [-0.3, -0.25) is 19.9 Å². The first-order valence-corrected chi connectivity index (χ1v) is 10.8. The Balaban J connectivity index is 2.19. The van der Waals surface area contributed by atoms with Crippen LogP contribution in [0.4, 0.5) is 11.4 Å². The second kappa shape index (κ2) is 10.1. The Morgan fingerprint density at radius 2 is 1.88 bits per heavy atom. The number of pyridine rings is 1. The number of ether oxygens (including phenoxy) is 2. The number of nitro groups is 1. The number of methoxy groups -OCH3 is 2. The summed E-state index contributed by atoms with van der Waals surface area (Å²) in [4.78, 5) is 32.5. The van der Waals surface area contributed by atoms with Gasteiger partial charge in [0.1, 0.15) is 0 Å². The highest BCUT2D eigenvalue weighted by atomic mass is 127. The zero-order chi connectivity index (χ0) is 23.4. The Morgan fingerprint density at radius 1 is 1.12 bits per heavy atom. The van der Waals surface area contributed by atoms with Gasteiger partial charge in [0, 0.05) is 40.4 Å². The van der Waals surface area contributed by atoms with Crippen molar-refractivity contribution in [3.05, 3.63) is 61.8 Å². The predicted octanol–water partition coefficient (Wildman–Crippen LogP) is 3.97. The molecule has 168 valence electrons. The van der Waals surface area contributed by atoms with Gasteiger partial charge in [-0.15, -0.1) is 0 Å². The van der Waals surface area contributed by atoms with Crippen molar-refractivity contribution >= 4 is 50.8 Å². The Bertz CT molecular complexity index is 1170. The van der Waals surface area contributed by atoms with E-state index in [2.05, 4.69) is 27.6 Å². The van der Waals surface area contributed by atoms with Crippen molar-refractivity contribution in [2.24, 2.45) is 0 Å². The van der Waals surface area contributed by atoms with Gasteiger partial charge in [-0.25, -0.2) is 0 Å². The summed E-state index contributed by atoms with van der Waals surface area (Å²) in [5.74, 6) is 0.546. The number of nitro benzene ring substituents is 1. The number of nitrogens with zero attached hydrogens (tertiary/aromatic N) is 4. The SMILES string of the molecule is COc1ccc(I)c(C(=O)N(CCN(C)C)c2ccnc3cc([N+](=O)[O-])ccc23)c1OC. The molecule has 9 nitrogen and oxygen atoms in total. The van der Waals surface area contributed by atoms with Crippen molar-refractivity contribution in [3.8, 4) is 11.5 Å². The van der Waals surface area contributed by atoms with Gasteiger partial charge in [0.25, 0.3) is 11.6 Å². The number of amides is 1. The van der Waals surface area contributed by atoms with Crippen molar-refractivity contribution in [2.45, 2.75) is 0 Å². The van der Waals surface area contributed by atoms with E-state index < -0.39 is 4.92 Å². The fraction of sp³-hybridized carbons (Fsp3) is 0.273. The van der Waals surface area contributed by atoms with Gasteiger partial charge in [0.2, 0.25) is 0 Å². The van der Waals surface area contributed by atoms with Crippen LogP contribution in [0.25, 0.3) is 10.9 Å². The number of anilines is 1. The molecule has 0 unspecified atom stereocenters. The number of rotatable bonds is 8. The van der Waals surface area contributed by atoms with Crippen LogP contribution < -0.4 is 14.4 Å². The van der Waals surface area contributed by atoms with Crippen molar-refractivity contribution in [1.82, 2.24) is 9.88 Å². The molecule has 0 spiro atoms. The van der Waals surface area contributed by atoms with E-state index in [4.69, 9.17) is 9.47 Å². The number of carbonyl (C=O) groups is 1. The van der Waals surface area contributed by atoms with Crippen LogP contribution in [0, 0.1) is 13.7 Å². The van der Waals surface area contributed by atoms with Crippen LogP contribution in [0.5, 0.6) is 11.5 Å². The standard InChI is InChI=1S/C22H23IN4O5/c1-25(2)11-12-26(22(28)20-16(23)7-8-19(31-3)21(20)32-4)18-9-10-24-17-13-14(27(29)30)5-6-15(17)18/h5-10,13H,11-12H2,1-4H3. The maximum absolute atomic E-state index is 13.9. The van der Waals surface area contributed by atoms with Crippen LogP contribution in [0.15, 0.2) is 42.6 Å². The molecule has 1 aromatic heterocycles. The van der Waals surface area contributed by atoms with Crippen LogP contribution in [-0.2, 0) is 0 Å². The van der Waals surface area contributed by atoms with E-state index in [0.29, 0.717) is 50.3 Å². The Hall–Kier alpha value is -2.99. The predicted molar refractivity (Wildman–Crippen MR) is 131 cm³/mol. The van der Waals surface area contributed by atoms with E-state index in [9.17, 15) is 14.9 Å². The number of halogens is 1. The van der Waals surface area contributed by atoms with Gasteiger partial charge in [0.15, 0.2) is 11.5 Å². The molecule has 2 aromatic carbocycles. The molecule has 0 aliphatic carbocycles. The normalized spacial score (nSPS) is 10.9. The van der Waals surface area contributed by atoms with Crippen LogP contribution in [-0.4, -0.2) is 62.1 Å². The molecular formula is C22H23IN4O5. The number of non-ortho nitro benzene ring substituents is 1. The largest absolute Gasteiger partial charge is 0.493 e. The summed E-state index contributed by atoms with van der Waals surface area (Å²) in [6, 6.07) is 9.73. The summed E-state index contributed by atoms with van der Waals surface area (Å²) in [5.41, 5.74) is 1.37. The highest BCUT2D eigenvalue weighted by molar-refractivity contribution is 14.1. The third-order valence-corrected chi connectivity index (χ3v) is 5.83. The first kappa shape index (κ1) is 23.7. The molecule has 3 aromatic rings. The molecule has 0 saturated carbocycles. The van der Waals surface area contributed by atoms with E-state index in [-0.39, 0.29) is 11.6 Å². The van der Waals surface area contributed by atoms with Gasteiger partial charge in [-0.05, 0) is 61.0 Å². The van der Waals surface area contributed by atoms with Crippen molar-refractivity contribution in [1.29, 1.82) is 0 Å². The lowest BCUT2D eigenvalue weighted by Gasteiger charge is -2.27. The highest BCUT2D eigenvalue weighted by Gasteiger charge is 2.27. The number of hydrogen-bond donors (Lipinski definition) is 0. The lowest BCUT2D eigenvalue weighted by Crippen LogP contribution is -2.37. The van der Waals surface area contributed by atoms with E-state index in [1.165, 1.54) is 26.4 Å². The average Bonchev–Trinajstić information content (AvgIpc) is 2.78. The van der Waals surface area contributed by atoms with Crippen LogP contribution in [0.2, 0.25) is 0 Å². The molecule has 0 fully saturated rings. The second-order valence-electron chi connectivity index (χ2n) is 7.21. The molecule has 1 heterocycles. The summed E-state index contributed by atoms with van der Waals surface area (Å²) < 4.78 is 11.6. The van der Waals surface area contributed by atoms with Crippen LogP contribution in [0.3, 0.4) is 0 Å². The number of hydrogen-bond acceptors (Lipinski definition) is 7.